The fraction of sp³-hybridized carbons (Fsp3) is 0.231. The van der Waals surface area contributed by atoms with Crippen molar-refractivity contribution < 1.29 is 0 Å². The minimum absolute atomic E-state index is 0.0242. The van der Waals surface area contributed by atoms with Crippen LogP contribution in [0.25, 0.3) is 21.8 Å². The molecule has 3 rings (SSSR count). The first-order chi connectivity index (χ1) is 8.11. The van der Waals surface area contributed by atoms with E-state index in [9.17, 15) is 4.79 Å². The summed E-state index contributed by atoms with van der Waals surface area (Å²) in [6.07, 6.45) is 0. The van der Waals surface area contributed by atoms with E-state index in [1.807, 2.05) is 38.2 Å². The van der Waals surface area contributed by atoms with E-state index in [2.05, 4.69) is 5.10 Å². The van der Waals surface area contributed by atoms with Gasteiger partial charge in [0.05, 0.1) is 5.69 Å². The summed E-state index contributed by atoms with van der Waals surface area (Å²) < 4.78 is 3.43. The van der Waals surface area contributed by atoms with Gasteiger partial charge in [-0.1, -0.05) is 18.2 Å². The van der Waals surface area contributed by atoms with Crippen molar-refractivity contribution in [3.05, 3.63) is 40.3 Å². The number of hydrogen-bond acceptors (Lipinski definition) is 2. The van der Waals surface area contributed by atoms with Gasteiger partial charge in [0.15, 0.2) is 0 Å². The monoisotopic (exact) mass is 227 g/mol. The van der Waals surface area contributed by atoms with Crippen LogP contribution in [0.3, 0.4) is 0 Å². The van der Waals surface area contributed by atoms with E-state index in [1.165, 1.54) is 0 Å². The van der Waals surface area contributed by atoms with Gasteiger partial charge < -0.3 is 0 Å². The van der Waals surface area contributed by atoms with Gasteiger partial charge in [-0.25, -0.2) is 0 Å². The van der Waals surface area contributed by atoms with Crippen molar-refractivity contribution in [2.75, 3.05) is 0 Å². The van der Waals surface area contributed by atoms with Gasteiger partial charge in [0, 0.05) is 30.3 Å². The number of aryl methyl sites for hydroxylation is 3. The van der Waals surface area contributed by atoms with Crippen LogP contribution < -0.4 is 5.56 Å². The van der Waals surface area contributed by atoms with Gasteiger partial charge in [-0.05, 0) is 13.0 Å². The van der Waals surface area contributed by atoms with E-state index >= 15 is 0 Å². The van der Waals surface area contributed by atoms with E-state index in [1.54, 1.807) is 16.3 Å². The molecule has 2 heterocycles. The third kappa shape index (κ3) is 1.18. The van der Waals surface area contributed by atoms with Gasteiger partial charge in [-0.15, -0.1) is 0 Å². The molecule has 4 nitrogen and oxygen atoms in total. The molecule has 0 fully saturated rings. The van der Waals surface area contributed by atoms with Gasteiger partial charge >= 0.3 is 0 Å². The second kappa shape index (κ2) is 3.20. The number of benzene rings is 1. The fourth-order valence-corrected chi connectivity index (χ4v) is 2.51. The number of aromatic nitrogens is 3. The first-order valence-electron chi connectivity index (χ1n) is 5.52. The van der Waals surface area contributed by atoms with Crippen LogP contribution in [-0.2, 0) is 14.1 Å². The molecule has 0 radical (unpaired) electrons. The molecular weight excluding hydrogens is 214 g/mol. The normalized spacial score (nSPS) is 11.5. The Kier molecular flexibility index (Phi) is 1.90. The van der Waals surface area contributed by atoms with E-state index in [0.717, 1.165) is 27.5 Å². The summed E-state index contributed by atoms with van der Waals surface area (Å²) in [6.45, 7) is 1.97. The van der Waals surface area contributed by atoms with Crippen LogP contribution in [0.5, 0.6) is 0 Å². The van der Waals surface area contributed by atoms with Gasteiger partial charge in [0.25, 0.3) is 5.56 Å². The first-order valence-corrected chi connectivity index (χ1v) is 5.52. The Bertz CT molecular complexity index is 796. The van der Waals surface area contributed by atoms with Gasteiger partial charge in [-0.3, -0.25) is 14.0 Å². The third-order valence-corrected chi connectivity index (χ3v) is 3.24. The molecule has 4 heteroatoms. The molecule has 0 N–H and O–H groups in total. The number of pyridine rings is 1. The Morgan fingerprint density at radius 3 is 2.47 bits per heavy atom. The van der Waals surface area contributed by atoms with Gasteiger partial charge in [0.2, 0.25) is 0 Å². The summed E-state index contributed by atoms with van der Waals surface area (Å²) in [7, 11) is 3.65. The fourth-order valence-electron chi connectivity index (χ4n) is 2.51. The Morgan fingerprint density at radius 2 is 1.76 bits per heavy atom. The molecule has 0 amide bonds. The highest BCUT2D eigenvalue weighted by Gasteiger charge is 2.14. The lowest BCUT2D eigenvalue weighted by Crippen LogP contribution is -2.18. The second-order valence-corrected chi connectivity index (χ2v) is 4.32. The summed E-state index contributed by atoms with van der Waals surface area (Å²) in [5.74, 6) is 0. The van der Waals surface area contributed by atoms with E-state index < -0.39 is 0 Å². The third-order valence-electron chi connectivity index (χ3n) is 3.24. The smallest absolute Gasteiger partial charge is 0.259 e. The van der Waals surface area contributed by atoms with Crippen molar-refractivity contribution in [2.24, 2.45) is 14.1 Å². The van der Waals surface area contributed by atoms with Crippen LogP contribution in [0.4, 0.5) is 0 Å². The molecular formula is C13H13N3O. The quantitative estimate of drug-likeness (QED) is 0.587. The van der Waals surface area contributed by atoms with E-state index in [0.29, 0.717) is 0 Å². The summed E-state index contributed by atoms with van der Waals surface area (Å²) in [5.41, 5.74) is 1.84. The van der Waals surface area contributed by atoms with Crippen molar-refractivity contribution in [2.45, 2.75) is 6.92 Å². The van der Waals surface area contributed by atoms with Gasteiger partial charge in [-0.2, -0.15) is 5.10 Å². The Morgan fingerprint density at radius 1 is 1.12 bits per heavy atom. The van der Waals surface area contributed by atoms with Crippen molar-refractivity contribution >= 4 is 21.8 Å². The topological polar surface area (TPSA) is 39.8 Å². The minimum Gasteiger partial charge on any atom is -0.296 e. The van der Waals surface area contributed by atoms with Crippen molar-refractivity contribution in [3.63, 3.8) is 0 Å². The molecule has 3 aromatic rings. The van der Waals surface area contributed by atoms with Crippen LogP contribution in [-0.4, -0.2) is 14.3 Å². The molecule has 0 spiro atoms. The van der Waals surface area contributed by atoms with Crippen LogP contribution in [0.1, 0.15) is 5.69 Å². The highest BCUT2D eigenvalue weighted by molar-refractivity contribution is 6.05. The minimum atomic E-state index is 0.0242. The van der Waals surface area contributed by atoms with Crippen molar-refractivity contribution in [1.82, 2.24) is 14.3 Å². The molecule has 1 aromatic carbocycles. The molecule has 0 aliphatic carbocycles. The standard InChI is InChI=1S/C13H13N3O/c1-8-11-9-6-4-5-7-10(9)13(17)15(2)12(11)16(3)14-8/h4-7H,1-3H3. The molecule has 0 atom stereocenters. The first kappa shape index (κ1) is 10.1. The molecule has 0 bridgehead atoms. The van der Waals surface area contributed by atoms with E-state index in [4.69, 9.17) is 0 Å². The van der Waals surface area contributed by atoms with Crippen LogP contribution in [0.2, 0.25) is 0 Å². The summed E-state index contributed by atoms with van der Waals surface area (Å²) in [6, 6.07) is 7.69. The lowest BCUT2D eigenvalue weighted by Gasteiger charge is -2.06. The lowest BCUT2D eigenvalue weighted by molar-refractivity contribution is 0.741. The Hall–Kier alpha value is -2.10. The average Bonchev–Trinajstić information content (AvgIpc) is 2.62. The van der Waals surface area contributed by atoms with Crippen LogP contribution >= 0.6 is 0 Å². The zero-order valence-electron chi connectivity index (χ0n) is 10.1. The number of hydrogen-bond donors (Lipinski definition) is 0. The molecule has 0 saturated carbocycles. The molecule has 0 aliphatic heterocycles. The highest BCUT2D eigenvalue weighted by atomic mass is 16.1. The zero-order valence-corrected chi connectivity index (χ0v) is 10.1. The Balaban J connectivity index is 2.78. The van der Waals surface area contributed by atoms with Crippen molar-refractivity contribution in [3.8, 4) is 0 Å². The molecule has 0 aliphatic rings. The van der Waals surface area contributed by atoms with Crippen LogP contribution in [0, 0.1) is 6.92 Å². The van der Waals surface area contributed by atoms with Gasteiger partial charge in [0.1, 0.15) is 5.65 Å². The predicted molar refractivity (Wildman–Crippen MR) is 68.2 cm³/mol. The van der Waals surface area contributed by atoms with E-state index in [-0.39, 0.29) is 5.56 Å². The highest BCUT2D eigenvalue weighted by Crippen LogP contribution is 2.24. The molecule has 2 aromatic heterocycles. The summed E-state index contributed by atoms with van der Waals surface area (Å²) in [5, 5.41) is 7.19. The maximum absolute atomic E-state index is 12.2. The van der Waals surface area contributed by atoms with Crippen LogP contribution in [0.15, 0.2) is 29.1 Å². The maximum Gasteiger partial charge on any atom is 0.259 e. The largest absolute Gasteiger partial charge is 0.296 e. The summed E-state index contributed by atoms with van der Waals surface area (Å²) in [4.78, 5) is 12.2. The van der Waals surface area contributed by atoms with Crippen molar-refractivity contribution in [1.29, 1.82) is 0 Å². The molecule has 17 heavy (non-hydrogen) atoms. The zero-order chi connectivity index (χ0) is 12.2. The maximum atomic E-state index is 12.2. The number of nitrogens with zero attached hydrogens (tertiary/aromatic N) is 3. The predicted octanol–water partition coefficient (Wildman–Crippen LogP) is 1.73. The average molecular weight is 227 g/mol. The molecule has 0 saturated heterocycles. The number of rotatable bonds is 0. The summed E-state index contributed by atoms with van der Waals surface area (Å²) >= 11 is 0. The second-order valence-electron chi connectivity index (χ2n) is 4.32. The SMILES string of the molecule is Cc1nn(C)c2c1c1ccccc1c(=O)n2C. The Labute approximate surface area is 98.1 Å². The molecule has 0 unspecified atom stereocenters. The molecule has 86 valence electrons. The lowest BCUT2D eigenvalue weighted by atomic mass is 10.1. The number of fused-ring (bicyclic) bond motifs is 3.